The smallest absolute Gasteiger partial charge is 0.340 e. The number of ketones is 3. The molecular weight excluding hydrogens is 712 g/mol. The van der Waals surface area contributed by atoms with Crippen LogP contribution in [0.25, 0.3) is 0 Å². The summed E-state index contributed by atoms with van der Waals surface area (Å²) < 4.78 is 34.8. The number of rotatable bonds is 26. The second kappa shape index (κ2) is 21.3. The van der Waals surface area contributed by atoms with E-state index in [0.29, 0.717) is 95.6 Å². The van der Waals surface area contributed by atoms with Gasteiger partial charge in [-0.05, 0) is 81.3 Å². The number of carbonyl (C=O) groups is 4. The van der Waals surface area contributed by atoms with Crippen molar-refractivity contribution in [1.82, 2.24) is 0 Å². The predicted octanol–water partition coefficient (Wildman–Crippen LogP) is 8.35. The second-order valence-corrected chi connectivity index (χ2v) is 14.9. The van der Waals surface area contributed by atoms with Gasteiger partial charge in [0.05, 0.1) is 51.8 Å². The molecule has 0 bridgehead atoms. The molecule has 1 unspecified atom stereocenters. The van der Waals surface area contributed by atoms with E-state index >= 15 is 0 Å². The summed E-state index contributed by atoms with van der Waals surface area (Å²) in [6.45, 7) is 11.1. The number of unbranched alkanes of at least 4 members (excludes halogenated alkanes) is 2. The van der Waals surface area contributed by atoms with E-state index in [9.17, 15) is 19.2 Å². The molecule has 0 amide bonds. The summed E-state index contributed by atoms with van der Waals surface area (Å²) >= 11 is 0. The van der Waals surface area contributed by atoms with Gasteiger partial charge in [-0.1, -0.05) is 56.2 Å². The number of fused-ring (bicyclic) bond motifs is 6. The van der Waals surface area contributed by atoms with Crippen molar-refractivity contribution in [1.29, 1.82) is 0 Å². The quantitative estimate of drug-likeness (QED) is 0.0581. The summed E-state index contributed by atoms with van der Waals surface area (Å²) in [6, 6.07) is 17.5. The Hall–Kier alpha value is -4.22. The van der Waals surface area contributed by atoms with Gasteiger partial charge in [0.1, 0.15) is 28.8 Å². The van der Waals surface area contributed by atoms with Crippen LogP contribution in [0.2, 0.25) is 0 Å². The molecule has 56 heavy (non-hydrogen) atoms. The van der Waals surface area contributed by atoms with E-state index in [-0.39, 0.29) is 29.7 Å². The molecule has 0 saturated heterocycles. The van der Waals surface area contributed by atoms with Crippen LogP contribution in [-0.2, 0) is 50.1 Å². The van der Waals surface area contributed by atoms with Crippen LogP contribution in [-0.4, -0.2) is 76.2 Å². The Labute approximate surface area is 331 Å². The number of carbonyl (C=O) groups excluding carboxylic acids is 4. The maximum Gasteiger partial charge on any atom is 0.340 e. The van der Waals surface area contributed by atoms with Crippen LogP contribution in [0, 0.1) is 19.8 Å². The minimum absolute atomic E-state index is 0.0741. The van der Waals surface area contributed by atoms with Crippen molar-refractivity contribution in [2.24, 2.45) is 5.92 Å². The number of benzene rings is 3. The zero-order valence-electron chi connectivity index (χ0n) is 33.6. The maximum atomic E-state index is 13.4. The summed E-state index contributed by atoms with van der Waals surface area (Å²) in [5, 5.41) is 0. The molecule has 10 nitrogen and oxygen atoms in total. The molecule has 3 aromatic rings. The number of hydrogen-bond donors (Lipinski definition) is 0. The zero-order valence-corrected chi connectivity index (χ0v) is 33.6. The summed E-state index contributed by atoms with van der Waals surface area (Å²) in [4.78, 5) is 49.8. The Morgan fingerprint density at radius 2 is 1.21 bits per heavy atom. The molecule has 3 aromatic carbocycles. The predicted molar refractivity (Wildman–Crippen MR) is 213 cm³/mol. The summed E-state index contributed by atoms with van der Waals surface area (Å²) in [6.07, 6.45) is 6.80. The molecule has 1 spiro atoms. The van der Waals surface area contributed by atoms with Crippen molar-refractivity contribution in [3.05, 3.63) is 93.5 Å². The summed E-state index contributed by atoms with van der Waals surface area (Å²) in [7, 11) is 0. The van der Waals surface area contributed by atoms with Crippen LogP contribution in [0.5, 0.6) is 11.5 Å². The molecular formula is C46H58O10. The first-order chi connectivity index (χ1) is 27.1. The molecule has 0 N–H and O–H groups in total. The highest BCUT2D eigenvalue weighted by Crippen LogP contribution is 2.56. The van der Waals surface area contributed by atoms with Crippen molar-refractivity contribution >= 4 is 23.3 Å². The number of esters is 1. The molecule has 1 atom stereocenters. The molecule has 0 radical (unpaired) electrons. The fourth-order valence-corrected chi connectivity index (χ4v) is 7.44. The van der Waals surface area contributed by atoms with E-state index in [4.69, 9.17) is 28.4 Å². The Morgan fingerprint density at radius 3 is 1.82 bits per heavy atom. The van der Waals surface area contributed by atoms with Crippen LogP contribution in [0.1, 0.15) is 115 Å². The van der Waals surface area contributed by atoms with Gasteiger partial charge < -0.3 is 28.4 Å². The average Bonchev–Trinajstić information content (AvgIpc) is 3.45. The van der Waals surface area contributed by atoms with E-state index in [2.05, 4.69) is 0 Å². The summed E-state index contributed by atoms with van der Waals surface area (Å²) in [5.74, 6) is 1.62. The third-order valence-corrected chi connectivity index (χ3v) is 10.5. The highest BCUT2D eigenvalue weighted by Gasteiger charge is 2.53. The third kappa shape index (κ3) is 11.4. The van der Waals surface area contributed by atoms with Crippen molar-refractivity contribution < 1.29 is 47.6 Å². The molecule has 0 aliphatic carbocycles. The van der Waals surface area contributed by atoms with Crippen LogP contribution in [0.15, 0.2) is 54.6 Å². The van der Waals surface area contributed by atoms with E-state index in [0.717, 1.165) is 65.5 Å². The molecule has 0 fully saturated rings. The summed E-state index contributed by atoms with van der Waals surface area (Å²) in [5.41, 5.74) is 4.51. The fourth-order valence-electron chi connectivity index (χ4n) is 7.44. The van der Waals surface area contributed by atoms with Gasteiger partial charge in [0.15, 0.2) is 5.60 Å². The van der Waals surface area contributed by atoms with Gasteiger partial charge in [0.2, 0.25) is 0 Å². The lowest BCUT2D eigenvalue weighted by Crippen LogP contribution is -2.33. The molecule has 2 aliphatic heterocycles. The monoisotopic (exact) mass is 770 g/mol. The first-order valence-corrected chi connectivity index (χ1v) is 20.2. The SMILES string of the molecule is CCC(CCCCCC(=O)CCOCCOCCOCCOCCCC(=O)Cc1ccc2c(c1)C(=O)OC21c2ccc(C)cc2Oc2cc(C)ccc21)C(C)=O. The number of hydrogen-bond acceptors (Lipinski definition) is 10. The van der Waals surface area contributed by atoms with Gasteiger partial charge >= 0.3 is 5.97 Å². The Bertz CT molecular complexity index is 1760. The van der Waals surface area contributed by atoms with Crippen molar-refractivity contribution in [3.8, 4) is 11.5 Å². The normalized spacial score (nSPS) is 14.1. The molecule has 10 heteroatoms. The van der Waals surface area contributed by atoms with Crippen LogP contribution in [0.3, 0.4) is 0 Å². The highest BCUT2D eigenvalue weighted by molar-refractivity contribution is 5.97. The number of Topliss-reactive ketones (excluding diaryl/α,β-unsaturated/α-hetero) is 3. The first kappa shape index (κ1) is 42.9. The average molecular weight is 771 g/mol. The minimum Gasteiger partial charge on any atom is -0.456 e. The fraction of sp³-hybridized carbons (Fsp3) is 0.522. The van der Waals surface area contributed by atoms with Gasteiger partial charge in [-0.15, -0.1) is 0 Å². The molecule has 0 saturated carbocycles. The van der Waals surface area contributed by atoms with Crippen molar-refractivity contribution in [2.45, 2.75) is 97.5 Å². The van der Waals surface area contributed by atoms with Crippen LogP contribution < -0.4 is 4.74 Å². The first-order valence-electron chi connectivity index (χ1n) is 20.2. The van der Waals surface area contributed by atoms with Crippen LogP contribution in [0.4, 0.5) is 0 Å². The third-order valence-electron chi connectivity index (χ3n) is 10.5. The van der Waals surface area contributed by atoms with Gasteiger partial charge in [-0.25, -0.2) is 4.79 Å². The van der Waals surface area contributed by atoms with E-state index < -0.39 is 11.6 Å². The Balaban J connectivity index is 0.904. The van der Waals surface area contributed by atoms with Crippen LogP contribution >= 0.6 is 0 Å². The molecule has 302 valence electrons. The number of ether oxygens (including phenoxy) is 6. The molecule has 2 heterocycles. The van der Waals surface area contributed by atoms with E-state index in [1.54, 1.807) is 13.0 Å². The molecule has 5 rings (SSSR count). The topological polar surface area (TPSA) is 124 Å². The highest BCUT2D eigenvalue weighted by atomic mass is 16.6. The van der Waals surface area contributed by atoms with Gasteiger partial charge in [-0.2, -0.15) is 0 Å². The zero-order chi connectivity index (χ0) is 39.9. The Morgan fingerprint density at radius 1 is 0.643 bits per heavy atom. The number of aryl methyl sites for hydroxylation is 2. The van der Waals surface area contributed by atoms with Gasteiger partial charge in [-0.3, -0.25) is 14.4 Å². The minimum atomic E-state index is -1.12. The van der Waals surface area contributed by atoms with Gasteiger partial charge in [0, 0.05) is 54.9 Å². The Kier molecular flexibility index (Phi) is 16.4. The standard InChI is InChI=1S/C46H58O10/c1-5-36(34(4)47)10-7-6-8-11-37(48)19-21-52-23-25-54-27-26-53-24-22-51-20-9-12-38(49)30-35-15-18-40-39(31-35)45(50)56-46(40)41-16-13-32(2)28-43(41)55-44-29-33(3)14-17-42(44)46/h13-18,28-29,31,36H,5-12,19-27,30H2,1-4H3. The second-order valence-electron chi connectivity index (χ2n) is 14.9. The van der Waals surface area contributed by atoms with Crippen molar-refractivity contribution in [2.75, 3.05) is 52.9 Å². The van der Waals surface area contributed by atoms with Crippen molar-refractivity contribution in [3.63, 3.8) is 0 Å². The van der Waals surface area contributed by atoms with E-state index in [1.807, 2.05) is 69.3 Å². The largest absolute Gasteiger partial charge is 0.456 e. The van der Waals surface area contributed by atoms with Gasteiger partial charge in [0.25, 0.3) is 0 Å². The molecule has 2 aliphatic rings. The lowest BCUT2D eigenvalue weighted by atomic mass is 9.77. The molecule has 0 aromatic heterocycles. The van der Waals surface area contributed by atoms with E-state index in [1.165, 1.54) is 0 Å². The maximum absolute atomic E-state index is 13.4. The lowest BCUT2D eigenvalue weighted by molar-refractivity contribution is -0.121. The lowest BCUT2D eigenvalue weighted by Gasteiger charge is -2.36.